The summed E-state index contributed by atoms with van der Waals surface area (Å²) in [4.78, 5) is 16.1. The maximum absolute atomic E-state index is 13.5. The fourth-order valence-electron chi connectivity index (χ4n) is 4.92. The third-order valence-corrected chi connectivity index (χ3v) is 6.39. The van der Waals surface area contributed by atoms with E-state index >= 15 is 0 Å². The molecule has 4 nitrogen and oxygen atoms in total. The lowest BCUT2D eigenvalue weighted by atomic mass is 9.97. The number of fused-ring (bicyclic) bond motifs is 1. The minimum Gasteiger partial charge on any atom is -0.497 e. The average Bonchev–Trinajstić information content (AvgIpc) is 3.05. The maximum atomic E-state index is 13.5. The van der Waals surface area contributed by atoms with Gasteiger partial charge in [-0.25, -0.2) is 0 Å². The molecule has 30 heavy (non-hydrogen) atoms. The van der Waals surface area contributed by atoms with Crippen molar-refractivity contribution in [2.24, 2.45) is 5.92 Å². The van der Waals surface area contributed by atoms with E-state index < -0.39 is 0 Å². The van der Waals surface area contributed by atoms with E-state index in [4.69, 9.17) is 4.74 Å². The van der Waals surface area contributed by atoms with Gasteiger partial charge < -0.3 is 14.2 Å². The number of carbonyl (C=O) groups is 1. The van der Waals surface area contributed by atoms with Gasteiger partial charge in [0.2, 0.25) is 0 Å². The number of nitrogens with zero attached hydrogens (tertiary/aromatic N) is 2. The Balaban J connectivity index is 1.68. The van der Waals surface area contributed by atoms with Crippen LogP contribution >= 0.6 is 0 Å². The molecule has 1 saturated heterocycles. The molecule has 158 valence electrons. The van der Waals surface area contributed by atoms with Crippen molar-refractivity contribution in [2.75, 3.05) is 26.7 Å². The monoisotopic (exact) mass is 404 g/mol. The molecule has 1 aromatic heterocycles. The van der Waals surface area contributed by atoms with Gasteiger partial charge in [-0.05, 0) is 75.5 Å². The molecule has 0 N–H and O–H groups in total. The van der Waals surface area contributed by atoms with E-state index in [-0.39, 0.29) is 5.78 Å². The van der Waals surface area contributed by atoms with Crippen LogP contribution in [-0.4, -0.2) is 42.0 Å². The summed E-state index contributed by atoms with van der Waals surface area (Å²) in [6.07, 6.45) is 3.73. The molecule has 0 amide bonds. The Bertz CT molecular complexity index is 1020. The fourth-order valence-corrected chi connectivity index (χ4v) is 4.92. The van der Waals surface area contributed by atoms with E-state index in [2.05, 4.69) is 41.5 Å². The molecule has 1 unspecified atom stereocenters. The van der Waals surface area contributed by atoms with Crippen molar-refractivity contribution >= 4 is 16.7 Å². The molecule has 4 rings (SSSR count). The Hall–Kier alpha value is -2.59. The van der Waals surface area contributed by atoms with Crippen molar-refractivity contribution in [3.63, 3.8) is 0 Å². The van der Waals surface area contributed by atoms with Crippen molar-refractivity contribution in [2.45, 2.75) is 39.7 Å². The number of para-hydroxylation sites is 1. The number of ether oxygens (including phenoxy) is 1. The molecule has 0 saturated carbocycles. The summed E-state index contributed by atoms with van der Waals surface area (Å²) in [7, 11) is 1.64. The summed E-state index contributed by atoms with van der Waals surface area (Å²) >= 11 is 0. The Kier molecular flexibility index (Phi) is 6.24. The molecule has 3 aromatic rings. The van der Waals surface area contributed by atoms with Crippen molar-refractivity contribution in [1.29, 1.82) is 0 Å². The predicted molar refractivity (Wildman–Crippen MR) is 123 cm³/mol. The second kappa shape index (κ2) is 9.05. The fraction of sp³-hybridized carbons (Fsp3) is 0.423. The molecule has 0 radical (unpaired) electrons. The molecule has 2 aromatic carbocycles. The van der Waals surface area contributed by atoms with Crippen LogP contribution in [0.3, 0.4) is 0 Å². The Morgan fingerprint density at radius 3 is 2.63 bits per heavy atom. The zero-order chi connectivity index (χ0) is 21.1. The number of methoxy groups -OCH3 is 1. The summed E-state index contributed by atoms with van der Waals surface area (Å²) in [6, 6.07) is 15.8. The lowest BCUT2D eigenvalue weighted by Gasteiger charge is -2.33. The molecule has 0 aliphatic carbocycles. The number of aromatic nitrogens is 1. The summed E-state index contributed by atoms with van der Waals surface area (Å²) in [5.41, 5.74) is 3.77. The summed E-state index contributed by atoms with van der Waals surface area (Å²) in [5.74, 6) is 1.48. The quantitative estimate of drug-likeness (QED) is 0.501. The highest BCUT2D eigenvalue weighted by Gasteiger charge is 2.25. The standard InChI is InChI=1S/C26H32N2O2/c1-4-15-27-16-7-8-20(17-27)18-28-19(2)25(23-9-5-6-10-24(23)28)26(29)21-11-13-22(30-3)14-12-21/h5-6,9-14,20H,4,7-8,15-18H2,1-3H3. The van der Waals surface area contributed by atoms with E-state index in [0.717, 1.165) is 35.5 Å². The normalized spacial score (nSPS) is 17.4. The molecule has 1 aliphatic rings. The van der Waals surface area contributed by atoms with E-state index in [9.17, 15) is 4.79 Å². The molecular weight excluding hydrogens is 372 g/mol. The van der Waals surface area contributed by atoms with E-state index in [1.54, 1.807) is 7.11 Å². The first-order valence-corrected chi connectivity index (χ1v) is 11.1. The molecule has 1 atom stereocenters. The zero-order valence-electron chi connectivity index (χ0n) is 18.4. The van der Waals surface area contributed by atoms with Gasteiger partial charge >= 0.3 is 0 Å². The minimum atomic E-state index is 0.0846. The third-order valence-electron chi connectivity index (χ3n) is 6.39. The first-order chi connectivity index (χ1) is 14.6. The second-order valence-electron chi connectivity index (χ2n) is 8.45. The topological polar surface area (TPSA) is 34.5 Å². The number of ketones is 1. The van der Waals surface area contributed by atoms with Crippen LogP contribution in [0.4, 0.5) is 0 Å². The van der Waals surface area contributed by atoms with Gasteiger partial charge in [-0.3, -0.25) is 4.79 Å². The van der Waals surface area contributed by atoms with Gasteiger partial charge in [0.25, 0.3) is 0 Å². The number of likely N-dealkylation sites (tertiary alicyclic amines) is 1. The molecule has 4 heteroatoms. The molecule has 0 spiro atoms. The maximum Gasteiger partial charge on any atom is 0.195 e. The highest BCUT2D eigenvalue weighted by molar-refractivity contribution is 6.17. The first-order valence-electron chi connectivity index (χ1n) is 11.1. The van der Waals surface area contributed by atoms with Crippen LogP contribution in [0.15, 0.2) is 48.5 Å². The highest BCUT2D eigenvalue weighted by atomic mass is 16.5. The van der Waals surface area contributed by atoms with Crippen LogP contribution in [0.1, 0.15) is 47.8 Å². The molecule has 0 bridgehead atoms. The van der Waals surface area contributed by atoms with Gasteiger partial charge in [0, 0.05) is 35.2 Å². The number of hydrogen-bond donors (Lipinski definition) is 0. The highest BCUT2D eigenvalue weighted by Crippen LogP contribution is 2.30. The van der Waals surface area contributed by atoms with Crippen LogP contribution in [0.5, 0.6) is 5.75 Å². The minimum absolute atomic E-state index is 0.0846. The van der Waals surface area contributed by atoms with Crippen molar-refractivity contribution < 1.29 is 9.53 Å². The van der Waals surface area contributed by atoms with E-state index in [1.165, 1.54) is 37.9 Å². The SMILES string of the molecule is CCCN1CCCC(Cn2c(C)c(C(=O)c3ccc(OC)cc3)c3ccccc32)C1. The Morgan fingerprint density at radius 2 is 1.90 bits per heavy atom. The van der Waals surface area contributed by atoms with Crippen LogP contribution in [0.2, 0.25) is 0 Å². The van der Waals surface area contributed by atoms with Gasteiger partial charge in [0.05, 0.1) is 12.7 Å². The van der Waals surface area contributed by atoms with Gasteiger partial charge in [0.1, 0.15) is 5.75 Å². The number of benzene rings is 2. The largest absolute Gasteiger partial charge is 0.497 e. The number of hydrogen-bond acceptors (Lipinski definition) is 3. The first kappa shape index (κ1) is 20.7. The average molecular weight is 405 g/mol. The van der Waals surface area contributed by atoms with E-state index in [1.807, 2.05) is 30.3 Å². The van der Waals surface area contributed by atoms with Crippen LogP contribution in [-0.2, 0) is 6.54 Å². The van der Waals surface area contributed by atoms with Crippen LogP contribution in [0, 0.1) is 12.8 Å². The smallest absolute Gasteiger partial charge is 0.195 e. The van der Waals surface area contributed by atoms with Crippen molar-refractivity contribution in [3.8, 4) is 5.75 Å². The number of piperidine rings is 1. The van der Waals surface area contributed by atoms with Crippen LogP contribution < -0.4 is 4.74 Å². The second-order valence-corrected chi connectivity index (χ2v) is 8.45. The molecule has 2 heterocycles. The zero-order valence-corrected chi connectivity index (χ0v) is 18.4. The third kappa shape index (κ3) is 4.01. The number of rotatable bonds is 7. The van der Waals surface area contributed by atoms with Gasteiger partial charge in [-0.2, -0.15) is 0 Å². The summed E-state index contributed by atoms with van der Waals surface area (Å²) in [5, 5.41) is 1.05. The van der Waals surface area contributed by atoms with Gasteiger partial charge in [0.15, 0.2) is 5.78 Å². The van der Waals surface area contributed by atoms with Crippen LogP contribution in [0.25, 0.3) is 10.9 Å². The number of carbonyl (C=O) groups excluding carboxylic acids is 1. The molecule has 1 aliphatic heterocycles. The molecule has 1 fully saturated rings. The van der Waals surface area contributed by atoms with Crippen molar-refractivity contribution in [3.05, 3.63) is 65.4 Å². The predicted octanol–water partition coefficient (Wildman–Crippen LogP) is 5.31. The Morgan fingerprint density at radius 1 is 1.13 bits per heavy atom. The van der Waals surface area contributed by atoms with Crippen molar-refractivity contribution in [1.82, 2.24) is 9.47 Å². The van der Waals surface area contributed by atoms with Gasteiger partial charge in [-0.15, -0.1) is 0 Å². The van der Waals surface area contributed by atoms with E-state index in [0.29, 0.717) is 11.5 Å². The Labute approximate surface area is 179 Å². The molecular formula is C26H32N2O2. The summed E-state index contributed by atoms with van der Waals surface area (Å²) in [6.45, 7) is 8.89. The summed E-state index contributed by atoms with van der Waals surface area (Å²) < 4.78 is 7.62. The van der Waals surface area contributed by atoms with Gasteiger partial charge in [-0.1, -0.05) is 25.1 Å². The lowest BCUT2D eigenvalue weighted by molar-refractivity contribution is 0.103. The lowest BCUT2D eigenvalue weighted by Crippen LogP contribution is -2.37.